The van der Waals surface area contributed by atoms with Crippen LogP contribution < -0.4 is 16.4 Å². The number of carbonyl (C=O) groups is 3. The summed E-state index contributed by atoms with van der Waals surface area (Å²) in [6.07, 6.45) is 0.308. The summed E-state index contributed by atoms with van der Waals surface area (Å²) in [6.45, 7) is 1.28. The van der Waals surface area contributed by atoms with E-state index in [0.29, 0.717) is 5.56 Å². The first-order chi connectivity index (χ1) is 13.2. The zero-order valence-electron chi connectivity index (χ0n) is 15.2. The first-order valence-corrected chi connectivity index (χ1v) is 9.68. The van der Waals surface area contributed by atoms with Crippen molar-refractivity contribution >= 4 is 40.3 Å². The smallest absolute Gasteiger partial charge is 0.243 e. The van der Waals surface area contributed by atoms with Gasteiger partial charge in [-0.05, 0) is 58.0 Å². The zero-order valence-corrected chi connectivity index (χ0v) is 17.4. The molecule has 0 saturated heterocycles. The number of hydrogen-bond donors (Lipinski definition) is 3. The van der Waals surface area contributed by atoms with Crippen LogP contribution in [-0.4, -0.2) is 29.8 Å². The van der Waals surface area contributed by atoms with Crippen LogP contribution in [0.5, 0.6) is 0 Å². The Morgan fingerprint density at radius 1 is 1.00 bits per heavy atom. The third-order valence-electron chi connectivity index (χ3n) is 4.04. The summed E-state index contributed by atoms with van der Waals surface area (Å²) in [5.74, 6) is -2.09. The van der Waals surface area contributed by atoms with Crippen molar-refractivity contribution in [2.45, 2.75) is 31.8 Å². The highest BCUT2D eigenvalue weighted by molar-refractivity contribution is 14.1. The number of nitrogens with two attached hydrogens (primary N) is 1. The molecule has 0 bridgehead atoms. The van der Waals surface area contributed by atoms with Crippen molar-refractivity contribution in [1.82, 2.24) is 10.6 Å². The van der Waals surface area contributed by atoms with Crippen LogP contribution in [0.3, 0.4) is 0 Å². The molecule has 2 atom stereocenters. The Balaban J connectivity index is 2.12. The van der Waals surface area contributed by atoms with E-state index in [4.69, 9.17) is 5.73 Å². The zero-order chi connectivity index (χ0) is 20.7. The van der Waals surface area contributed by atoms with Crippen molar-refractivity contribution in [3.05, 3.63) is 69.0 Å². The lowest BCUT2D eigenvalue weighted by Crippen LogP contribution is -2.54. The van der Waals surface area contributed by atoms with Crippen LogP contribution in [0.1, 0.15) is 18.1 Å². The number of hydrogen-bond acceptors (Lipinski definition) is 3. The van der Waals surface area contributed by atoms with Crippen molar-refractivity contribution in [2.75, 3.05) is 0 Å². The van der Waals surface area contributed by atoms with E-state index in [-0.39, 0.29) is 12.8 Å². The average Bonchev–Trinajstić information content (AvgIpc) is 2.62. The fourth-order valence-corrected chi connectivity index (χ4v) is 3.07. The summed E-state index contributed by atoms with van der Waals surface area (Å²) in [6, 6.07) is 11.3. The summed E-state index contributed by atoms with van der Waals surface area (Å²) in [7, 11) is 0. The predicted octanol–water partition coefficient (Wildman–Crippen LogP) is 1.69. The fourth-order valence-electron chi connectivity index (χ4n) is 2.71. The maximum Gasteiger partial charge on any atom is 0.243 e. The van der Waals surface area contributed by atoms with Crippen LogP contribution in [0.2, 0.25) is 0 Å². The molecule has 6 nitrogen and oxygen atoms in total. The number of benzene rings is 2. The summed E-state index contributed by atoms with van der Waals surface area (Å²) in [5, 5.41) is 5.13. The average molecular weight is 497 g/mol. The molecule has 0 unspecified atom stereocenters. The highest BCUT2D eigenvalue weighted by Crippen LogP contribution is 2.10. The molecule has 2 rings (SSSR count). The lowest BCUT2D eigenvalue weighted by Gasteiger charge is -2.22. The molecule has 8 heteroatoms. The van der Waals surface area contributed by atoms with E-state index < -0.39 is 35.6 Å². The van der Waals surface area contributed by atoms with Gasteiger partial charge in [-0.15, -0.1) is 0 Å². The fraction of sp³-hybridized carbons (Fsp3) is 0.250. The molecule has 148 valence electrons. The molecule has 2 aromatic carbocycles. The molecule has 2 aromatic rings. The minimum Gasteiger partial charge on any atom is -0.368 e. The molecule has 3 amide bonds. The van der Waals surface area contributed by atoms with E-state index in [9.17, 15) is 18.8 Å². The van der Waals surface area contributed by atoms with Crippen LogP contribution >= 0.6 is 22.6 Å². The van der Waals surface area contributed by atoms with Crippen LogP contribution in [-0.2, 0) is 27.2 Å². The topological polar surface area (TPSA) is 101 Å². The third kappa shape index (κ3) is 6.91. The predicted molar refractivity (Wildman–Crippen MR) is 112 cm³/mol. The second-order valence-electron chi connectivity index (χ2n) is 6.38. The van der Waals surface area contributed by atoms with E-state index in [1.165, 1.54) is 25.1 Å². The monoisotopic (exact) mass is 497 g/mol. The molecule has 0 aliphatic heterocycles. The largest absolute Gasteiger partial charge is 0.368 e. The Morgan fingerprint density at radius 2 is 1.64 bits per heavy atom. The molecule has 0 aromatic heterocycles. The van der Waals surface area contributed by atoms with E-state index in [2.05, 4.69) is 33.2 Å². The minimum atomic E-state index is -0.960. The molecule has 0 heterocycles. The van der Waals surface area contributed by atoms with Gasteiger partial charge in [-0.1, -0.05) is 24.3 Å². The quantitative estimate of drug-likeness (QED) is 0.484. The highest BCUT2D eigenvalue weighted by atomic mass is 127. The van der Waals surface area contributed by atoms with Gasteiger partial charge in [0.25, 0.3) is 0 Å². The third-order valence-corrected chi connectivity index (χ3v) is 4.76. The van der Waals surface area contributed by atoms with E-state index >= 15 is 0 Å². The standard InChI is InChI=1S/C20H21FIN3O3/c1-12(26)24-18(11-14-3-2-4-15(21)9-14)20(28)25-17(19(23)27)10-13-5-7-16(22)8-6-13/h2-9,17-18H,10-11H2,1H3,(H2,23,27)(H,24,26)(H,25,28)/t17-,18+/m0/s1. The van der Waals surface area contributed by atoms with E-state index in [1.807, 2.05) is 24.3 Å². The number of nitrogens with one attached hydrogen (secondary N) is 2. The lowest BCUT2D eigenvalue weighted by molar-refractivity contribution is -0.130. The Bertz CT molecular complexity index is 858. The van der Waals surface area contributed by atoms with Crippen molar-refractivity contribution < 1.29 is 18.8 Å². The van der Waals surface area contributed by atoms with Crippen LogP contribution in [0.4, 0.5) is 4.39 Å². The van der Waals surface area contributed by atoms with Gasteiger partial charge in [-0.25, -0.2) is 4.39 Å². The first-order valence-electron chi connectivity index (χ1n) is 8.60. The Labute approximate surface area is 176 Å². The van der Waals surface area contributed by atoms with Gasteiger partial charge in [0, 0.05) is 23.3 Å². The summed E-state index contributed by atoms with van der Waals surface area (Å²) < 4.78 is 14.5. The molecule has 4 N–H and O–H groups in total. The Hall–Kier alpha value is -2.49. The van der Waals surface area contributed by atoms with Gasteiger partial charge in [-0.3, -0.25) is 14.4 Å². The summed E-state index contributed by atoms with van der Waals surface area (Å²) in [5.41, 5.74) is 6.83. The normalized spacial score (nSPS) is 12.7. The second kappa shape index (κ2) is 10.2. The molecule has 28 heavy (non-hydrogen) atoms. The van der Waals surface area contributed by atoms with Crippen molar-refractivity contribution in [3.8, 4) is 0 Å². The minimum absolute atomic E-state index is 0.0815. The molecule has 0 spiro atoms. The van der Waals surface area contributed by atoms with Crippen LogP contribution in [0, 0.1) is 9.39 Å². The maximum atomic E-state index is 13.4. The molecule has 0 fully saturated rings. The van der Waals surface area contributed by atoms with Gasteiger partial charge in [0.15, 0.2) is 0 Å². The van der Waals surface area contributed by atoms with Crippen molar-refractivity contribution in [1.29, 1.82) is 0 Å². The van der Waals surface area contributed by atoms with Gasteiger partial charge in [0.2, 0.25) is 17.7 Å². The number of amides is 3. The van der Waals surface area contributed by atoms with Crippen molar-refractivity contribution in [2.24, 2.45) is 5.73 Å². The van der Waals surface area contributed by atoms with Gasteiger partial charge in [-0.2, -0.15) is 0 Å². The molecular weight excluding hydrogens is 476 g/mol. The molecule has 0 aliphatic carbocycles. The molecular formula is C20H21FIN3O3. The number of rotatable bonds is 8. The van der Waals surface area contributed by atoms with E-state index in [1.54, 1.807) is 6.07 Å². The number of primary amides is 1. The second-order valence-corrected chi connectivity index (χ2v) is 7.63. The molecule has 0 saturated carbocycles. The highest BCUT2D eigenvalue weighted by Gasteiger charge is 2.25. The summed E-state index contributed by atoms with van der Waals surface area (Å²) in [4.78, 5) is 36.0. The van der Waals surface area contributed by atoms with Gasteiger partial charge < -0.3 is 16.4 Å². The van der Waals surface area contributed by atoms with Gasteiger partial charge in [0.05, 0.1) is 0 Å². The number of halogens is 2. The van der Waals surface area contributed by atoms with Gasteiger partial charge >= 0.3 is 0 Å². The summed E-state index contributed by atoms with van der Waals surface area (Å²) >= 11 is 2.17. The molecule has 0 radical (unpaired) electrons. The lowest BCUT2D eigenvalue weighted by atomic mass is 10.0. The van der Waals surface area contributed by atoms with Crippen LogP contribution in [0.15, 0.2) is 48.5 Å². The maximum absolute atomic E-state index is 13.4. The van der Waals surface area contributed by atoms with Crippen LogP contribution in [0.25, 0.3) is 0 Å². The Kier molecular flexibility index (Phi) is 7.91. The SMILES string of the molecule is CC(=O)N[C@H](Cc1cccc(F)c1)C(=O)N[C@@H](Cc1ccc(I)cc1)C(N)=O. The van der Waals surface area contributed by atoms with Gasteiger partial charge in [0.1, 0.15) is 17.9 Å². The van der Waals surface area contributed by atoms with Crippen molar-refractivity contribution in [3.63, 3.8) is 0 Å². The first kappa shape index (κ1) is 21.8. The van der Waals surface area contributed by atoms with E-state index in [0.717, 1.165) is 9.13 Å². The Morgan fingerprint density at radius 3 is 2.21 bits per heavy atom. The molecule has 0 aliphatic rings. The number of carbonyl (C=O) groups excluding carboxylic acids is 3.